The lowest BCUT2D eigenvalue weighted by Gasteiger charge is -2.24. The van der Waals surface area contributed by atoms with E-state index in [9.17, 15) is 18.0 Å². The van der Waals surface area contributed by atoms with Crippen LogP contribution in [0.15, 0.2) is 71.3 Å². The first-order valence-corrected chi connectivity index (χ1v) is 11.2. The number of halogens is 4. The molecule has 1 N–H and O–H groups in total. The van der Waals surface area contributed by atoms with Crippen LogP contribution >= 0.6 is 15.9 Å². The molecule has 9 heteroatoms. The summed E-state index contributed by atoms with van der Waals surface area (Å²) in [5, 5.41) is 2.89. The van der Waals surface area contributed by atoms with Crippen LogP contribution in [0.3, 0.4) is 0 Å². The highest BCUT2D eigenvalue weighted by Crippen LogP contribution is 2.29. The molecule has 0 radical (unpaired) electrons. The molecular formula is C24H25BrF3N3O2. The van der Waals surface area contributed by atoms with E-state index in [0.717, 1.165) is 22.3 Å². The Hall–Kier alpha value is -2.78. The molecule has 0 atom stereocenters. The second-order valence-corrected chi connectivity index (χ2v) is 8.45. The molecule has 1 aromatic heterocycles. The zero-order chi connectivity index (χ0) is 23.8. The van der Waals surface area contributed by atoms with Gasteiger partial charge < -0.3 is 19.5 Å². The predicted octanol–water partition coefficient (Wildman–Crippen LogP) is 6.39. The second kappa shape index (κ2) is 11.4. The lowest BCUT2D eigenvalue weighted by Crippen LogP contribution is -2.36. The largest absolute Gasteiger partial charge is 0.416 e. The van der Waals surface area contributed by atoms with Gasteiger partial charge in [-0.05, 0) is 60.5 Å². The molecule has 2 aromatic carbocycles. The Bertz CT molecular complexity index is 1050. The quantitative estimate of drug-likeness (QED) is 0.330. The Morgan fingerprint density at radius 1 is 1.12 bits per heavy atom. The predicted molar refractivity (Wildman–Crippen MR) is 125 cm³/mol. The smallest absolute Gasteiger partial charge is 0.385 e. The van der Waals surface area contributed by atoms with Crippen molar-refractivity contribution in [3.63, 3.8) is 0 Å². The van der Waals surface area contributed by atoms with Crippen LogP contribution < -0.4 is 5.32 Å². The Morgan fingerprint density at radius 2 is 1.88 bits per heavy atom. The molecule has 0 aliphatic heterocycles. The second-order valence-electron chi connectivity index (χ2n) is 7.53. The molecule has 0 spiro atoms. The van der Waals surface area contributed by atoms with Gasteiger partial charge in [0.2, 0.25) is 0 Å². The highest BCUT2D eigenvalue weighted by molar-refractivity contribution is 9.10. The van der Waals surface area contributed by atoms with Crippen LogP contribution in [0, 0.1) is 0 Å². The number of rotatable bonds is 9. The van der Waals surface area contributed by atoms with Gasteiger partial charge in [0.15, 0.2) is 0 Å². The maximum Gasteiger partial charge on any atom is 0.416 e. The molecule has 0 saturated carbocycles. The van der Waals surface area contributed by atoms with Gasteiger partial charge in [0.1, 0.15) is 0 Å². The number of nitrogens with one attached hydrogen (secondary N) is 1. The van der Waals surface area contributed by atoms with Gasteiger partial charge in [-0.1, -0.05) is 28.1 Å². The number of urea groups is 1. The van der Waals surface area contributed by atoms with Gasteiger partial charge >= 0.3 is 12.2 Å². The average molecular weight is 524 g/mol. The first kappa shape index (κ1) is 24.9. The summed E-state index contributed by atoms with van der Waals surface area (Å²) >= 11 is 3.37. The minimum absolute atomic E-state index is 0.264. The number of carbonyl (C=O) groups excluding carboxylic acids is 1. The number of aromatic nitrogens is 1. The fourth-order valence-electron chi connectivity index (χ4n) is 3.37. The van der Waals surface area contributed by atoms with E-state index in [-0.39, 0.29) is 12.6 Å². The molecule has 5 nitrogen and oxygen atoms in total. The van der Waals surface area contributed by atoms with Crippen LogP contribution in [-0.4, -0.2) is 35.8 Å². The van der Waals surface area contributed by atoms with E-state index in [2.05, 4.69) is 21.2 Å². The molecule has 2 amide bonds. The van der Waals surface area contributed by atoms with Gasteiger partial charge in [-0.3, -0.25) is 0 Å². The van der Waals surface area contributed by atoms with E-state index in [1.165, 1.54) is 6.07 Å². The number of methoxy groups -OCH3 is 1. The van der Waals surface area contributed by atoms with Crippen LogP contribution in [0.5, 0.6) is 0 Å². The molecular weight excluding hydrogens is 499 g/mol. The van der Waals surface area contributed by atoms with Gasteiger partial charge in [-0.15, -0.1) is 0 Å². The number of alkyl halides is 3. The Labute approximate surface area is 199 Å². The van der Waals surface area contributed by atoms with E-state index in [1.54, 1.807) is 36.4 Å². The molecule has 33 heavy (non-hydrogen) atoms. The molecule has 1 heterocycles. The summed E-state index contributed by atoms with van der Waals surface area (Å²) in [6, 6.07) is 16.0. The molecule has 0 aliphatic rings. The number of hydrogen-bond acceptors (Lipinski definition) is 2. The van der Waals surface area contributed by atoms with E-state index < -0.39 is 11.7 Å². The number of amides is 2. The van der Waals surface area contributed by atoms with Crippen LogP contribution in [0.25, 0.3) is 0 Å². The van der Waals surface area contributed by atoms with Crippen LogP contribution in [0.1, 0.15) is 23.2 Å². The summed E-state index contributed by atoms with van der Waals surface area (Å²) < 4.78 is 47.1. The van der Waals surface area contributed by atoms with Gasteiger partial charge in [0.05, 0.1) is 12.1 Å². The summed E-state index contributed by atoms with van der Waals surface area (Å²) in [5.41, 5.74) is 1.34. The highest BCUT2D eigenvalue weighted by Gasteiger charge is 2.30. The zero-order valence-electron chi connectivity index (χ0n) is 18.1. The fourth-order valence-corrected chi connectivity index (χ4v) is 3.64. The zero-order valence-corrected chi connectivity index (χ0v) is 19.7. The highest BCUT2D eigenvalue weighted by atomic mass is 79.9. The molecule has 0 saturated heterocycles. The van der Waals surface area contributed by atoms with Crippen molar-refractivity contribution < 1.29 is 22.7 Å². The van der Waals surface area contributed by atoms with Crippen LogP contribution in [0.4, 0.5) is 23.7 Å². The Morgan fingerprint density at radius 3 is 2.58 bits per heavy atom. The first-order valence-electron chi connectivity index (χ1n) is 10.4. The summed E-state index contributed by atoms with van der Waals surface area (Å²) in [5.74, 6) is 0. The maximum atomic E-state index is 13.1. The Kier molecular flexibility index (Phi) is 8.57. The van der Waals surface area contributed by atoms with Crippen molar-refractivity contribution in [3.05, 3.63) is 88.2 Å². The third kappa shape index (κ3) is 7.36. The molecule has 3 aromatic rings. The minimum Gasteiger partial charge on any atom is -0.385 e. The maximum absolute atomic E-state index is 13.1. The molecule has 176 valence electrons. The Balaban J connectivity index is 1.74. The SMILES string of the molecule is COCCCN(Cc1cccn1Cc1cccc(C(F)(F)F)c1)C(=O)Nc1ccc(Br)cc1. The summed E-state index contributed by atoms with van der Waals surface area (Å²) in [7, 11) is 1.60. The summed E-state index contributed by atoms with van der Waals surface area (Å²) in [6.45, 7) is 1.54. The van der Waals surface area contributed by atoms with E-state index in [4.69, 9.17) is 4.74 Å². The molecule has 0 unspecified atom stereocenters. The van der Waals surface area contributed by atoms with Crippen molar-refractivity contribution >= 4 is 27.6 Å². The van der Waals surface area contributed by atoms with Crippen molar-refractivity contribution in [3.8, 4) is 0 Å². The molecule has 0 bridgehead atoms. The van der Waals surface area contributed by atoms with Crippen molar-refractivity contribution in [1.82, 2.24) is 9.47 Å². The normalized spacial score (nSPS) is 11.4. The number of benzene rings is 2. The number of nitrogens with zero attached hydrogens (tertiary/aromatic N) is 2. The number of ether oxygens (including phenoxy) is 1. The lowest BCUT2D eigenvalue weighted by molar-refractivity contribution is -0.137. The topological polar surface area (TPSA) is 46.5 Å². The molecule has 0 fully saturated rings. The standard InChI is InChI=1S/C24H25BrF3N3O2/c1-33-14-4-13-31(23(32)29-21-10-8-20(25)9-11-21)17-22-7-3-12-30(22)16-18-5-2-6-19(15-18)24(26,27)28/h2-3,5-12,15H,4,13-14,16-17H2,1H3,(H,29,32). The van der Waals surface area contributed by atoms with E-state index in [1.807, 2.05) is 28.8 Å². The monoisotopic (exact) mass is 523 g/mol. The lowest BCUT2D eigenvalue weighted by atomic mass is 10.1. The number of hydrogen-bond donors (Lipinski definition) is 1. The third-order valence-electron chi connectivity index (χ3n) is 5.04. The van der Waals surface area contributed by atoms with E-state index >= 15 is 0 Å². The van der Waals surface area contributed by atoms with Gasteiger partial charge in [0.25, 0.3) is 0 Å². The minimum atomic E-state index is -4.39. The van der Waals surface area contributed by atoms with Crippen LogP contribution in [0.2, 0.25) is 0 Å². The third-order valence-corrected chi connectivity index (χ3v) is 5.57. The van der Waals surface area contributed by atoms with E-state index in [0.29, 0.717) is 37.4 Å². The van der Waals surface area contributed by atoms with Crippen LogP contribution in [-0.2, 0) is 24.0 Å². The number of carbonyl (C=O) groups is 1. The van der Waals surface area contributed by atoms with Crippen molar-refractivity contribution in [2.45, 2.75) is 25.7 Å². The van der Waals surface area contributed by atoms with Gasteiger partial charge in [0, 0.05) is 48.9 Å². The van der Waals surface area contributed by atoms with Crippen molar-refractivity contribution in [2.24, 2.45) is 0 Å². The van der Waals surface area contributed by atoms with Gasteiger partial charge in [-0.2, -0.15) is 13.2 Å². The fraction of sp³-hybridized carbons (Fsp3) is 0.292. The summed E-state index contributed by atoms with van der Waals surface area (Å²) in [4.78, 5) is 14.6. The summed E-state index contributed by atoms with van der Waals surface area (Å²) in [6.07, 6.45) is -1.94. The van der Waals surface area contributed by atoms with Gasteiger partial charge in [-0.25, -0.2) is 4.79 Å². The number of anilines is 1. The van der Waals surface area contributed by atoms with Crippen molar-refractivity contribution in [1.29, 1.82) is 0 Å². The van der Waals surface area contributed by atoms with Crippen molar-refractivity contribution in [2.75, 3.05) is 25.6 Å². The molecule has 3 rings (SSSR count). The average Bonchev–Trinajstić information content (AvgIpc) is 3.21. The first-order chi connectivity index (χ1) is 15.8. The molecule has 0 aliphatic carbocycles.